The molecule has 0 fully saturated rings. The third-order valence-electron chi connectivity index (χ3n) is 0. The van der Waals surface area contributed by atoms with Crippen LogP contribution in [0.3, 0.4) is 0 Å². The fourth-order valence-electron chi connectivity index (χ4n) is 0. The van der Waals surface area contributed by atoms with Crippen LogP contribution in [0.2, 0.25) is 0 Å². The van der Waals surface area contributed by atoms with E-state index in [1.54, 1.807) is 0 Å². The maximum Gasteiger partial charge on any atom is 2.00 e. The summed E-state index contributed by atoms with van der Waals surface area (Å²) < 4.78 is 0. The van der Waals surface area contributed by atoms with E-state index in [9.17, 15) is 0 Å². The zero-order chi connectivity index (χ0) is 0. The Bertz CT molecular complexity index is 8.04. The number of hydrogen-bond donors (Lipinski definition) is 0. The van der Waals surface area contributed by atoms with Crippen molar-refractivity contribution in [1.82, 2.24) is 0 Å². The molecule has 0 saturated heterocycles. The minimum absolute atomic E-state index is 0. The predicted octanol–water partition coefficient (Wildman–Crippen LogP) is -5.93. The molecule has 0 spiro atoms. The minimum Gasteiger partial charge on any atom is -1.00 e. The molecule has 0 amide bonds. The standard InChI is InChI=1S/5ClH.Mg.H2O/h5*1H;;1H2/q;;;;;+2;/p-2. The normalized spacial score (nSPS) is 0. The number of rotatable bonds is 0. The van der Waals surface area contributed by atoms with Crippen molar-refractivity contribution in [3.63, 3.8) is 0 Å². The Morgan fingerprint density at radius 1 is 0.571 bits per heavy atom. The zero-order valence-electron chi connectivity index (χ0n) is 3.19. The summed E-state index contributed by atoms with van der Waals surface area (Å²) in [7, 11) is 0. The first-order chi connectivity index (χ1) is 0. The summed E-state index contributed by atoms with van der Waals surface area (Å²) in [4.78, 5) is 0. The fourth-order valence-corrected chi connectivity index (χ4v) is 0. The molecule has 0 unspecified atom stereocenters. The molecule has 1 nitrogen and oxygen atoms in total. The molecule has 48 valence electrons. The smallest absolute Gasteiger partial charge is 1.00 e. The van der Waals surface area contributed by atoms with E-state index in [4.69, 9.17) is 0 Å². The second-order valence-electron chi connectivity index (χ2n) is 0. The SMILES string of the molecule is Cl.Cl.Cl.O.[Cl-].[Cl-].[Mg+2]. The molecular weight excluding hydrogens is 218 g/mol. The van der Waals surface area contributed by atoms with Gasteiger partial charge in [0.2, 0.25) is 0 Å². The summed E-state index contributed by atoms with van der Waals surface area (Å²) in [6, 6.07) is 0. The molecule has 7 heteroatoms. The molecule has 0 radical (unpaired) electrons. The van der Waals surface area contributed by atoms with Gasteiger partial charge in [0.1, 0.15) is 0 Å². The quantitative estimate of drug-likeness (QED) is 0.366. The van der Waals surface area contributed by atoms with Crippen molar-refractivity contribution in [2.24, 2.45) is 0 Å². The monoisotopic (exact) mass is 220 g/mol. The fraction of sp³-hybridized carbons (Fsp3) is 0. The Hall–Kier alpha value is 2.18. The minimum atomic E-state index is 0. The van der Waals surface area contributed by atoms with Crippen LogP contribution in [0, 0.1) is 0 Å². The molecule has 2 N–H and O–H groups in total. The van der Waals surface area contributed by atoms with Crippen LogP contribution in [0.15, 0.2) is 0 Å². The topological polar surface area (TPSA) is 31.5 Å². The average molecular weight is 223 g/mol. The van der Waals surface area contributed by atoms with Gasteiger partial charge in [-0.15, -0.1) is 37.2 Å². The van der Waals surface area contributed by atoms with E-state index in [-0.39, 0.29) is 90.6 Å². The van der Waals surface area contributed by atoms with Crippen LogP contribution in [0.4, 0.5) is 0 Å². The molecule has 0 aromatic heterocycles. The second-order valence-corrected chi connectivity index (χ2v) is 0. The van der Waals surface area contributed by atoms with Crippen LogP contribution in [-0.2, 0) is 0 Å². The molecule has 0 aliphatic carbocycles. The molecule has 0 rings (SSSR count). The summed E-state index contributed by atoms with van der Waals surface area (Å²) in [6.07, 6.45) is 0. The van der Waals surface area contributed by atoms with Gasteiger partial charge >= 0.3 is 23.1 Å². The average Bonchev–Trinajstić information content (AvgIpc) is 0. The Labute approximate surface area is 89.9 Å². The van der Waals surface area contributed by atoms with E-state index in [2.05, 4.69) is 0 Å². The van der Waals surface area contributed by atoms with Gasteiger partial charge in [-0.1, -0.05) is 0 Å². The van der Waals surface area contributed by atoms with Crippen molar-refractivity contribution in [2.45, 2.75) is 0 Å². The van der Waals surface area contributed by atoms with Gasteiger partial charge in [0.25, 0.3) is 0 Å². The van der Waals surface area contributed by atoms with Gasteiger partial charge < -0.3 is 30.3 Å². The van der Waals surface area contributed by atoms with Crippen molar-refractivity contribution < 1.29 is 30.3 Å². The summed E-state index contributed by atoms with van der Waals surface area (Å²) >= 11 is 0. The van der Waals surface area contributed by atoms with Crippen molar-refractivity contribution in [3.05, 3.63) is 0 Å². The third kappa shape index (κ3) is 65.9. The largest absolute Gasteiger partial charge is 2.00 e. The van der Waals surface area contributed by atoms with Crippen LogP contribution in [0.25, 0.3) is 0 Å². The molecule has 0 bridgehead atoms. The first kappa shape index (κ1) is 130. The van der Waals surface area contributed by atoms with E-state index in [0.717, 1.165) is 0 Å². The van der Waals surface area contributed by atoms with E-state index < -0.39 is 0 Å². The van der Waals surface area contributed by atoms with E-state index in [1.165, 1.54) is 0 Å². The molecule has 0 saturated carbocycles. The van der Waals surface area contributed by atoms with Crippen LogP contribution in [0.1, 0.15) is 0 Å². The Balaban J connectivity index is 0. The molecule has 0 aromatic rings. The summed E-state index contributed by atoms with van der Waals surface area (Å²) in [5, 5.41) is 0. The third-order valence-corrected chi connectivity index (χ3v) is 0. The molecule has 0 atom stereocenters. The van der Waals surface area contributed by atoms with Gasteiger partial charge in [-0.2, -0.15) is 0 Å². The molecule has 7 heavy (non-hydrogen) atoms. The van der Waals surface area contributed by atoms with Crippen LogP contribution >= 0.6 is 37.2 Å². The first-order valence-electron chi connectivity index (χ1n) is 0. The van der Waals surface area contributed by atoms with Crippen LogP contribution in [-0.4, -0.2) is 28.5 Å². The number of halogens is 5. The Kier molecular flexibility index (Phi) is 1650. The van der Waals surface area contributed by atoms with Gasteiger partial charge in [-0.3, -0.25) is 0 Å². The summed E-state index contributed by atoms with van der Waals surface area (Å²) in [5.41, 5.74) is 0. The maximum absolute atomic E-state index is 0. The first-order valence-corrected chi connectivity index (χ1v) is 0. The second kappa shape index (κ2) is 88.9. The predicted molar refractivity (Wildman–Crippen MR) is 31.1 cm³/mol. The van der Waals surface area contributed by atoms with E-state index in [0.29, 0.717) is 0 Å². The Morgan fingerprint density at radius 3 is 0.571 bits per heavy atom. The van der Waals surface area contributed by atoms with Crippen molar-refractivity contribution in [2.75, 3.05) is 0 Å². The van der Waals surface area contributed by atoms with Crippen molar-refractivity contribution >= 4 is 60.3 Å². The van der Waals surface area contributed by atoms with E-state index >= 15 is 0 Å². The maximum atomic E-state index is 0. The molecule has 0 aliphatic heterocycles. The summed E-state index contributed by atoms with van der Waals surface area (Å²) in [5.74, 6) is 0. The Morgan fingerprint density at radius 2 is 0.571 bits per heavy atom. The zero-order valence-corrected chi connectivity index (χ0v) is 8.56. The van der Waals surface area contributed by atoms with Gasteiger partial charge in [0, 0.05) is 0 Å². The number of hydrogen-bond acceptors (Lipinski definition) is 0. The molecule has 0 heterocycles. The van der Waals surface area contributed by atoms with Crippen LogP contribution in [0.5, 0.6) is 0 Å². The van der Waals surface area contributed by atoms with Crippen LogP contribution < -0.4 is 24.8 Å². The van der Waals surface area contributed by atoms with Gasteiger partial charge in [-0.05, 0) is 0 Å². The molecule has 0 aliphatic rings. The molecular formula is H5Cl5MgO. The van der Waals surface area contributed by atoms with Crippen molar-refractivity contribution in [3.8, 4) is 0 Å². The van der Waals surface area contributed by atoms with E-state index in [1.807, 2.05) is 0 Å². The van der Waals surface area contributed by atoms with Gasteiger partial charge in [0.15, 0.2) is 0 Å². The molecule has 0 aromatic carbocycles. The van der Waals surface area contributed by atoms with Gasteiger partial charge in [0.05, 0.1) is 0 Å². The van der Waals surface area contributed by atoms with Crippen molar-refractivity contribution in [1.29, 1.82) is 0 Å². The summed E-state index contributed by atoms with van der Waals surface area (Å²) in [6.45, 7) is 0. The van der Waals surface area contributed by atoms with Gasteiger partial charge in [-0.25, -0.2) is 0 Å².